The van der Waals surface area contributed by atoms with E-state index in [0.717, 1.165) is 23.2 Å². The summed E-state index contributed by atoms with van der Waals surface area (Å²) in [6.07, 6.45) is 0.458. The van der Waals surface area contributed by atoms with Crippen molar-refractivity contribution in [2.45, 2.75) is 19.8 Å². The van der Waals surface area contributed by atoms with Crippen LogP contribution in [0.4, 0.5) is 5.13 Å². The Morgan fingerprint density at radius 2 is 1.85 bits per heavy atom. The minimum atomic E-state index is -0.534. The fraction of sp³-hybridized carbons (Fsp3) is 0.533. The highest BCUT2D eigenvalue weighted by molar-refractivity contribution is 7.17. The van der Waals surface area contributed by atoms with E-state index in [1.165, 1.54) is 18.4 Å². The van der Waals surface area contributed by atoms with Gasteiger partial charge in [-0.2, -0.15) is 5.10 Å². The Hall–Kier alpha value is -2.53. The van der Waals surface area contributed by atoms with Gasteiger partial charge in [0.2, 0.25) is 5.91 Å². The number of carbonyl (C=O) groups is 3. The molecule has 1 saturated heterocycles. The van der Waals surface area contributed by atoms with E-state index in [9.17, 15) is 14.4 Å². The molecule has 2 aliphatic heterocycles. The number of nitrogens with one attached hydrogen (secondary N) is 2. The maximum Gasteiger partial charge on any atom is 0.285 e. The topological polar surface area (TPSA) is 116 Å². The number of aromatic nitrogens is 1. The van der Waals surface area contributed by atoms with Crippen molar-refractivity contribution in [3.8, 4) is 0 Å². The van der Waals surface area contributed by atoms with E-state index in [1.54, 1.807) is 6.92 Å². The summed E-state index contributed by atoms with van der Waals surface area (Å²) in [5, 5.41) is 5.80. The zero-order valence-electron chi connectivity index (χ0n) is 14.6. The lowest BCUT2D eigenvalue weighted by molar-refractivity contribution is -0.130. The smallest absolute Gasteiger partial charge is 0.285 e. The summed E-state index contributed by atoms with van der Waals surface area (Å²) < 4.78 is 5.32. The highest BCUT2D eigenvalue weighted by Gasteiger charge is 2.24. The molecule has 3 heterocycles. The van der Waals surface area contributed by atoms with Crippen molar-refractivity contribution in [2.24, 2.45) is 5.10 Å². The predicted octanol–water partition coefficient (Wildman–Crippen LogP) is -0.343. The Bertz CT molecular complexity index is 755. The number of hydrazine groups is 1. The van der Waals surface area contributed by atoms with Gasteiger partial charge in [0.15, 0.2) is 5.13 Å². The number of morpholine rings is 1. The standard InChI is InChI=1S/C15H20N6O4S/c1-9-12(26-15(16-9)21-5-7-25-8-6-21)14(24)18-17-13(23)10-3-4-11(22)20(2)19-10/h3-8H2,1-2H3,(H,17,23)(H,18,24). The van der Waals surface area contributed by atoms with Gasteiger partial charge in [0.05, 0.1) is 18.9 Å². The highest BCUT2D eigenvalue weighted by atomic mass is 32.1. The quantitative estimate of drug-likeness (QED) is 0.693. The number of hydrogen-bond donors (Lipinski definition) is 2. The van der Waals surface area contributed by atoms with Gasteiger partial charge >= 0.3 is 0 Å². The van der Waals surface area contributed by atoms with Gasteiger partial charge in [0, 0.05) is 33.0 Å². The number of ether oxygens (including phenoxy) is 1. The number of thiazole rings is 1. The molecule has 3 amide bonds. The Balaban J connectivity index is 1.60. The average molecular weight is 380 g/mol. The van der Waals surface area contributed by atoms with Crippen molar-refractivity contribution in [1.29, 1.82) is 0 Å². The number of amides is 3. The van der Waals surface area contributed by atoms with E-state index >= 15 is 0 Å². The van der Waals surface area contributed by atoms with E-state index in [4.69, 9.17) is 4.74 Å². The van der Waals surface area contributed by atoms with Gasteiger partial charge in [-0.05, 0) is 6.92 Å². The number of aryl methyl sites for hydroxylation is 1. The molecule has 0 spiro atoms. The molecule has 2 N–H and O–H groups in total. The average Bonchev–Trinajstić information content (AvgIpc) is 3.04. The zero-order valence-corrected chi connectivity index (χ0v) is 15.4. The van der Waals surface area contributed by atoms with Gasteiger partial charge < -0.3 is 9.64 Å². The lowest BCUT2D eigenvalue weighted by atomic mass is 10.1. The van der Waals surface area contributed by atoms with Crippen molar-refractivity contribution in [2.75, 3.05) is 38.3 Å². The molecule has 2 aliphatic rings. The van der Waals surface area contributed by atoms with E-state index in [-0.39, 0.29) is 24.5 Å². The first kappa shape index (κ1) is 18.3. The lowest BCUT2D eigenvalue weighted by Crippen LogP contribution is -2.46. The first-order chi connectivity index (χ1) is 12.5. The second-order valence-electron chi connectivity index (χ2n) is 5.88. The molecule has 26 heavy (non-hydrogen) atoms. The molecule has 0 radical (unpaired) electrons. The van der Waals surface area contributed by atoms with Gasteiger partial charge in [-0.3, -0.25) is 25.2 Å². The van der Waals surface area contributed by atoms with Crippen LogP contribution < -0.4 is 15.8 Å². The normalized spacial score (nSPS) is 17.8. The summed E-state index contributed by atoms with van der Waals surface area (Å²) in [4.78, 5) is 42.8. The zero-order chi connectivity index (χ0) is 18.7. The van der Waals surface area contributed by atoms with Gasteiger partial charge in [0.1, 0.15) is 10.6 Å². The van der Waals surface area contributed by atoms with Crippen LogP contribution in [0.3, 0.4) is 0 Å². The molecule has 11 heteroatoms. The molecule has 10 nitrogen and oxygen atoms in total. The predicted molar refractivity (Wildman–Crippen MR) is 94.9 cm³/mol. The molecule has 0 aromatic carbocycles. The molecule has 1 fully saturated rings. The van der Waals surface area contributed by atoms with Gasteiger partial charge in [-0.25, -0.2) is 9.99 Å². The summed E-state index contributed by atoms with van der Waals surface area (Å²) in [6, 6.07) is 0. The Morgan fingerprint density at radius 3 is 2.54 bits per heavy atom. The van der Waals surface area contributed by atoms with Crippen LogP contribution >= 0.6 is 11.3 Å². The summed E-state index contributed by atoms with van der Waals surface area (Å²) in [5.41, 5.74) is 5.52. The maximum absolute atomic E-state index is 12.4. The molecule has 1 aromatic heterocycles. The number of hydrazone groups is 1. The fourth-order valence-corrected chi connectivity index (χ4v) is 3.57. The van der Waals surface area contributed by atoms with Crippen LogP contribution in [-0.2, 0) is 14.3 Å². The summed E-state index contributed by atoms with van der Waals surface area (Å²) in [6.45, 7) is 4.49. The molecule has 140 valence electrons. The summed E-state index contributed by atoms with van der Waals surface area (Å²) in [7, 11) is 1.49. The highest BCUT2D eigenvalue weighted by Crippen LogP contribution is 2.26. The van der Waals surface area contributed by atoms with Crippen LogP contribution in [0.2, 0.25) is 0 Å². The maximum atomic E-state index is 12.4. The van der Waals surface area contributed by atoms with Gasteiger partial charge in [-0.15, -0.1) is 0 Å². The summed E-state index contributed by atoms with van der Waals surface area (Å²) >= 11 is 1.27. The van der Waals surface area contributed by atoms with Crippen LogP contribution in [0, 0.1) is 6.92 Å². The van der Waals surface area contributed by atoms with Crippen LogP contribution in [0.5, 0.6) is 0 Å². The Morgan fingerprint density at radius 1 is 1.15 bits per heavy atom. The van der Waals surface area contributed by atoms with Crippen LogP contribution in [0.1, 0.15) is 28.2 Å². The number of hydrogen-bond acceptors (Lipinski definition) is 8. The van der Waals surface area contributed by atoms with Crippen LogP contribution in [0.15, 0.2) is 5.10 Å². The van der Waals surface area contributed by atoms with E-state index < -0.39 is 11.8 Å². The van der Waals surface area contributed by atoms with Crippen molar-refractivity contribution in [3.63, 3.8) is 0 Å². The third kappa shape index (κ3) is 3.99. The molecular formula is C15H20N6O4S. The second-order valence-corrected chi connectivity index (χ2v) is 6.86. The number of rotatable bonds is 3. The second kappa shape index (κ2) is 7.79. The lowest BCUT2D eigenvalue weighted by Gasteiger charge is -2.25. The Kier molecular flexibility index (Phi) is 5.47. The van der Waals surface area contributed by atoms with E-state index in [0.29, 0.717) is 23.8 Å². The third-order valence-corrected chi connectivity index (χ3v) is 5.25. The van der Waals surface area contributed by atoms with Crippen molar-refractivity contribution < 1.29 is 19.1 Å². The monoisotopic (exact) mass is 380 g/mol. The number of carbonyl (C=O) groups excluding carboxylic acids is 3. The molecule has 0 aliphatic carbocycles. The SMILES string of the molecule is Cc1nc(N2CCOCC2)sc1C(=O)NNC(=O)C1=NN(C)C(=O)CC1. The first-order valence-corrected chi connectivity index (χ1v) is 9.02. The number of nitrogens with zero attached hydrogens (tertiary/aromatic N) is 4. The van der Waals surface area contributed by atoms with E-state index in [1.807, 2.05) is 0 Å². The fourth-order valence-electron chi connectivity index (χ4n) is 2.56. The van der Waals surface area contributed by atoms with Gasteiger partial charge in [-0.1, -0.05) is 11.3 Å². The minimum Gasteiger partial charge on any atom is -0.378 e. The van der Waals surface area contributed by atoms with Crippen LogP contribution in [0.25, 0.3) is 0 Å². The molecule has 1 aromatic rings. The molecule has 0 bridgehead atoms. The summed E-state index contributed by atoms with van der Waals surface area (Å²) in [5.74, 6) is -1.12. The molecule has 3 rings (SSSR count). The molecule has 0 saturated carbocycles. The Labute approximate surface area is 154 Å². The largest absolute Gasteiger partial charge is 0.378 e. The van der Waals surface area contributed by atoms with E-state index in [2.05, 4.69) is 25.8 Å². The van der Waals surface area contributed by atoms with Crippen molar-refractivity contribution in [1.82, 2.24) is 20.8 Å². The molecular weight excluding hydrogens is 360 g/mol. The minimum absolute atomic E-state index is 0.151. The third-order valence-electron chi connectivity index (χ3n) is 4.03. The van der Waals surface area contributed by atoms with Crippen molar-refractivity contribution >= 4 is 39.9 Å². The van der Waals surface area contributed by atoms with Gasteiger partial charge in [0.25, 0.3) is 11.8 Å². The van der Waals surface area contributed by atoms with Crippen molar-refractivity contribution in [3.05, 3.63) is 10.6 Å². The van der Waals surface area contributed by atoms with Crippen LogP contribution in [-0.4, -0.2) is 66.8 Å². The first-order valence-electron chi connectivity index (χ1n) is 8.20. The molecule has 0 unspecified atom stereocenters. The number of anilines is 1. The molecule has 0 atom stereocenters.